The van der Waals surface area contributed by atoms with E-state index in [1.807, 2.05) is 0 Å². The molecule has 0 saturated heterocycles. The van der Waals surface area contributed by atoms with Gasteiger partial charge >= 0.3 is 0 Å². The summed E-state index contributed by atoms with van der Waals surface area (Å²) in [6.45, 7) is 7.12. The van der Waals surface area contributed by atoms with Crippen molar-refractivity contribution in [3.63, 3.8) is 0 Å². The second kappa shape index (κ2) is 8.94. The first-order valence-corrected chi connectivity index (χ1v) is 7.22. The van der Waals surface area contributed by atoms with Gasteiger partial charge in [-0.05, 0) is 45.1 Å². The summed E-state index contributed by atoms with van der Waals surface area (Å²) >= 11 is 0. The Balaban J connectivity index is 2.28. The number of likely N-dealkylation sites (N-methyl/N-ethyl adjacent to an activating group) is 1. The summed E-state index contributed by atoms with van der Waals surface area (Å²) in [7, 11) is 4.21. The minimum atomic E-state index is 0.552. The van der Waals surface area contributed by atoms with Gasteiger partial charge in [0.15, 0.2) is 0 Å². The molecule has 0 radical (unpaired) electrons. The molecule has 1 atom stereocenters. The fourth-order valence-corrected chi connectivity index (χ4v) is 1.65. The van der Waals surface area contributed by atoms with E-state index < -0.39 is 0 Å². The number of benzene rings is 1. The van der Waals surface area contributed by atoms with Gasteiger partial charge in [0, 0.05) is 19.1 Å². The summed E-state index contributed by atoms with van der Waals surface area (Å²) in [5.41, 5.74) is 1.30. The Morgan fingerprint density at radius 3 is 2.47 bits per heavy atom. The van der Waals surface area contributed by atoms with Crippen LogP contribution < -0.4 is 10.1 Å². The quantitative estimate of drug-likeness (QED) is 0.694. The first kappa shape index (κ1) is 16.0. The van der Waals surface area contributed by atoms with Gasteiger partial charge in [-0.15, -0.1) is 0 Å². The number of hydrogen-bond acceptors (Lipinski definition) is 3. The van der Waals surface area contributed by atoms with E-state index in [4.69, 9.17) is 4.74 Å². The van der Waals surface area contributed by atoms with Crippen LogP contribution in [0, 0.1) is 0 Å². The number of nitrogens with zero attached hydrogens (tertiary/aromatic N) is 1. The van der Waals surface area contributed by atoms with Gasteiger partial charge in [-0.1, -0.05) is 25.5 Å². The van der Waals surface area contributed by atoms with Crippen molar-refractivity contribution in [3.8, 4) is 5.75 Å². The van der Waals surface area contributed by atoms with Crippen LogP contribution >= 0.6 is 0 Å². The molecule has 1 unspecified atom stereocenters. The van der Waals surface area contributed by atoms with Crippen molar-refractivity contribution in [2.45, 2.75) is 39.3 Å². The lowest BCUT2D eigenvalue weighted by Crippen LogP contribution is -2.35. The second-order valence-corrected chi connectivity index (χ2v) is 5.29. The molecule has 0 heterocycles. The lowest BCUT2D eigenvalue weighted by molar-refractivity contribution is 0.302. The van der Waals surface area contributed by atoms with Crippen molar-refractivity contribution in [3.05, 3.63) is 29.8 Å². The predicted octanol–water partition coefficient (Wildman–Crippen LogP) is 2.91. The van der Waals surface area contributed by atoms with Crippen LogP contribution in [0.2, 0.25) is 0 Å². The van der Waals surface area contributed by atoms with Crippen LogP contribution in [-0.2, 0) is 6.54 Å². The Morgan fingerprint density at radius 1 is 1.21 bits per heavy atom. The van der Waals surface area contributed by atoms with Crippen LogP contribution in [0.1, 0.15) is 32.3 Å². The highest BCUT2D eigenvalue weighted by atomic mass is 16.5. The summed E-state index contributed by atoms with van der Waals surface area (Å²) < 4.78 is 5.65. The van der Waals surface area contributed by atoms with Crippen molar-refractivity contribution in [2.24, 2.45) is 0 Å². The van der Waals surface area contributed by atoms with Crippen molar-refractivity contribution >= 4 is 0 Å². The average Bonchev–Trinajstić information content (AvgIpc) is 2.40. The topological polar surface area (TPSA) is 24.5 Å². The molecule has 19 heavy (non-hydrogen) atoms. The van der Waals surface area contributed by atoms with Crippen LogP contribution in [0.4, 0.5) is 0 Å². The molecule has 0 amide bonds. The van der Waals surface area contributed by atoms with Crippen molar-refractivity contribution in [2.75, 3.05) is 27.2 Å². The molecular weight excluding hydrogens is 236 g/mol. The van der Waals surface area contributed by atoms with Gasteiger partial charge in [-0.2, -0.15) is 0 Å². The molecule has 0 aliphatic heterocycles. The van der Waals surface area contributed by atoms with E-state index in [0.717, 1.165) is 31.9 Å². The molecule has 1 N–H and O–H groups in total. The van der Waals surface area contributed by atoms with E-state index in [1.165, 1.54) is 12.0 Å². The molecule has 0 bridgehead atoms. The third-order valence-corrected chi connectivity index (χ3v) is 3.34. The molecule has 0 fully saturated rings. The number of rotatable bonds is 9. The molecular formula is C16H28N2O. The van der Waals surface area contributed by atoms with E-state index >= 15 is 0 Å². The summed E-state index contributed by atoms with van der Waals surface area (Å²) in [6, 6.07) is 8.93. The highest BCUT2D eigenvalue weighted by Gasteiger charge is 2.03. The zero-order valence-corrected chi connectivity index (χ0v) is 12.8. The molecule has 0 saturated carbocycles. The monoisotopic (exact) mass is 264 g/mol. The summed E-state index contributed by atoms with van der Waals surface area (Å²) in [4.78, 5) is 2.22. The lowest BCUT2D eigenvalue weighted by Gasteiger charge is -2.20. The Labute approximate surface area is 118 Å². The first-order chi connectivity index (χ1) is 9.13. The molecule has 108 valence electrons. The Bertz CT molecular complexity index is 335. The van der Waals surface area contributed by atoms with Crippen molar-refractivity contribution in [1.29, 1.82) is 0 Å². The van der Waals surface area contributed by atoms with Crippen LogP contribution in [0.3, 0.4) is 0 Å². The highest BCUT2D eigenvalue weighted by Crippen LogP contribution is 2.12. The van der Waals surface area contributed by atoms with Gasteiger partial charge in [0.05, 0.1) is 6.61 Å². The summed E-state index contributed by atoms with van der Waals surface area (Å²) in [6.07, 6.45) is 2.29. The zero-order chi connectivity index (χ0) is 14.1. The molecule has 3 nitrogen and oxygen atoms in total. The van der Waals surface area contributed by atoms with E-state index in [2.05, 4.69) is 62.4 Å². The van der Waals surface area contributed by atoms with Crippen molar-refractivity contribution in [1.82, 2.24) is 10.2 Å². The van der Waals surface area contributed by atoms with Crippen LogP contribution in [-0.4, -0.2) is 38.2 Å². The third kappa shape index (κ3) is 6.60. The van der Waals surface area contributed by atoms with Crippen LogP contribution in [0.5, 0.6) is 5.75 Å². The molecule has 0 aliphatic rings. The van der Waals surface area contributed by atoms with Gasteiger partial charge in [0.25, 0.3) is 0 Å². The van der Waals surface area contributed by atoms with E-state index in [-0.39, 0.29) is 0 Å². The van der Waals surface area contributed by atoms with Gasteiger partial charge in [-0.25, -0.2) is 0 Å². The number of ether oxygens (including phenoxy) is 1. The van der Waals surface area contributed by atoms with Gasteiger partial charge in [0.2, 0.25) is 0 Å². The fraction of sp³-hybridized carbons (Fsp3) is 0.625. The van der Waals surface area contributed by atoms with Crippen LogP contribution in [0.25, 0.3) is 0 Å². The van der Waals surface area contributed by atoms with Crippen molar-refractivity contribution < 1.29 is 4.74 Å². The fourth-order valence-electron chi connectivity index (χ4n) is 1.65. The van der Waals surface area contributed by atoms with Gasteiger partial charge < -0.3 is 15.0 Å². The number of hydrogen-bond donors (Lipinski definition) is 1. The van der Waals surface area contributed by atoms with Gasteiger partial charge in [-0.3, -0.25) is 0 Å². The molecule has 1 aromatic carbocycles. The van der Waals surface area contributed by atoms with E-state index in [1.54, 1.807) is 0 Å². The molecule has 0 aliphatic carbocycles. The Kier molecular flexibility index (Phi) is 7.53. The lowest BCUT2D eigenvalue weighted by atomic mass is 10.2. The van der Waals surface area contributed by atoms with E-state index in [0.29, 0.717) is 6.04 Å². The van der Waals surface area contributed by atoms with Crippen LogP contribution in [0.15, 0.2) is 24.3 Å². The molecule has 0 spiro atoms. The smallest absolute Gasteiger partial charge is 0.119 e. The second-order valence-electron chi connectivity index (χ2n) is 5.29. The number of nitrogens with one attached hydrogen (secondary N) is 1. The number of unbranched alkanes of at least 4 members (excludes halogenated alkanes) is 1. The normalized spacial score (nSPS) is 12.7. The summed E-state index contributed by atoms with van der Waals surface area (Å²) in [5.74, 6) is 0.971. The molecule has 1 aromatic rings. The summed E-state index contributed by atoms with van der Waals surface area (Å²) in [5, 5.41) is 3.47. The largest absolute Gasteiger partial charge is 0.494 e. The molecule has 0 aromatic heterocycles. The van der Waals surface area contributed by atoms with E-state index in [9.17, 15) is 0 Å². The third-order valence-electron chi connectivity index (χ3n) is 3.34. The Morgan fingerprint density at radius 2 is 1.89 bits per heavy atom. The minimum Gasteiger partial charge on any atom is -0.494 e. The zero-order valence-electron chi connectivity index (χ0n) is 12.8. The highest BCUT2D eigenvalue weighted by molar-refractivity contribution is 5.27. The van der Waals surface area contributed by atoms with Gasteiger partial charge in [0.1, 0.15) is 5.75 Å². The predicted molar refractivity (Wildman–Crippen MR) is 81.7 cm³/mol. The maximum atomic E-state index is 5.65. The standard InChI is InChI=1S/C16H28N2O/c1-5-6-11-19-16-9-7-15(8-10-16)13-17-12-14(2)18(3)4/h7-10,14,17H,5-6,11-13H2,1-4H3. The first-order valence-electron chi connectivity index (χ1n) is 7.22. The Hall–Kier alpha value is -1.06. The average molecular weight is 264 g/mol. The maximum absolute atomic E-state index is 5.65. The molecule has 3 heteroatoms. The minimum absolute atomic E-state index is 0.552. The SMILES string of the molecule is CCCCOc1ccc(CNCC(C)N(C)C)cc1. The molecule has 1 rings (SSSR count). The maximum Gasteiger partial charge on any atom is 0.119 e.